The second-order valence-electron chi connectivity index (χ2n) is 8.87. The van der Waals surface area contributed by atoms with E-state index in [4.69, 9.17) is 14.2 Å². The molecule has 0 saturated heterocycles. The summed E-state index contributed by atoms with van der Waals surface area (Å²) in [6.45, 7) is 3.38. The van der Waals surface area contributed by atoms with E-state index < -0.39 is 17.2 Å². The summed E-state index contributed by atoms with van der Waals surface area (Å²) in [7, 11) is 4.64. The number of nitrogens with one attached hydrogen (secondary N) is 2. The van der Waals surface area contributed by atoms with Crippen LogP contribution in [0, 0.1) is 19.7 Å². The Balaban J connectivity index is 1.43. The normalized spacial score (nSPS) is 10.9. The van der Waals surface area contributed by atoms with Gasteiger partial charge in [-0.15, -0.1) is 0 Å². The molecule has 0 saturated carbocycles. The number of rotatable bonds is 7. The van der Waals surface area contributed by atoms with Gasteiger partial charge in [-0.3, -0.25) is 19.3 Å². The summed E-state index contributed by atoms with van der Waals surface area (Å²) in [6, 6.07) is 8.81. The van der Waals surface area contributed by atoms with Crippen molar-refractivity contribution in [2.45, 2.75) is 13.8 Å². The van der Waals surface area contributed by atoms with Gasteiger partial charge in [-0.25, -0.2) is 9.37 Å². The first-order valence-corrected chi connectivity index (χ1v) is 12.1. The third-order valence-electron chi connectivity index (χ3n) is 6.31. The van der Waals surface area contributed by atoms with Gasteiger partial charge in [0.15, 0.2) is 23.1 Å². The Morgan fingerprint density at radius 2 is 1.80 bits per heavy atom. The number of nitrogens with zero attached hydrogens (tertiary/aromatic N) is 4. The molecule has 4 aromatic heterocycles. The number of anilines is 1. The van der Waals surface area contributed by atoms with Gasteiger partial charge in [0, 0.05) is 54.7 Å². The van der Waals surface area contributed by atoms with Crippen molar-refractivity contribution in [3.63, 3.8) is 0 Å². The predicted molar refractivity (Wildman–Crippen MR) is 146 cm³/mol. The second kappa shape index (κ2) is 10.5. The number of aromatic amines is 1. The zero-order valence-electron chi connectivity index (χ0n) is 22.3. The number of aryl methyl sites for hydroxylation is 3. The number of aromatic nitrogens is 5. The maximum Gasteiger partial charge on any atom is 0.261 e. The number of methoxy groups -OCH3 is 2. The van der Waals surface area contributed by atoms with E-state index in [1.165, 1.54) is 32.5 Å². The fraction of sp³-hybridized carbons (Fsp3) is 0.179. The third kappa shape index (κ3) is 4.70. The molecule has 0 atom stereocenters. The minimum Gasteiger partial charge on any atom is -0.491 e. The van der Waals surface area contributed by atoms with Crippen LogP contribution in [0.25, 0.3) is 22.3 Å². The van der Waals surface area contributed by atoms with E-state index in [0.717, 1.165) is 6.07 Å². The minimum atomic E-state index is -0.742. The monoisotopic (exact) mass is 544 g/mol. The summed E-state index contributed by atoms with van der Waals surface area (Å²) in [6.07, 6.45) is 3.07. The highest BCUT2D eigenvalue weighted by Crippen LogP contribution is 2.35. The first-order chi connectivity index (χ1) is 19.2. The molecule has 11 nitrogen and oxygen atoms in total. The van der Waals surface area contributed by atoms with Crippen LogP contribution in [-0.2, 0) is 7.05 Å². The van der Waals surface area contributed by atoms with Crippen LogP contribution in [-0.4, -0.2) is 44.9 Å². The number of ether oxygens (including phenoxy) is 3. The molecular formula is C28H25FN6O5. The Kier molecular flexibility index (Phi) is 6.91. The van der Waals surface area contributed by atoms with E-state index in [1.807, 2.05) is 0 Å². The lowest BCUT2D eigenvalue weighted by Crippen LogP contribution is -2.26. The predicted octanol–water partition coefficient (Wildman–Crippen LogP) is 4.54. The van der Waals surface area contributed by atoms with Crippen LogP contribution in [0.2, 0.25) is 0 Å². The van der Waals surface area contributed by atoms with Crippen LogP contribution in [0.5, 0.6) is 23.1 Å². The molecule has 2 N–H and O–H groups in total. The Labute approximate surface area is 227 Å². The van der Waals surface area contributed by atoms with Gasteiger partial charge in [-0.1, -0.05) is 0 Å². The molecule has 0 spiro atoms. The molecule has 0 aliphatic heterocycles. The average molecular weight is 545 g/mol. The summed E-state index contributed by atoms with van der Waals surface area (Å²) >= 11 is 0. The van der Waals surface area contributed by atoms with Crippen LogP contribution in [0.15, 0.2) is 53.6 Å². The molecule has 0 unspecified atom stereocenters. The number of amides is 1. The van der Waals surface area contributed by atoms with Crippen molar-refractivity contribution >= 4 is 22.6 Å². The number of halogens is 1. The zero-order chi connectivity index (χ0) is 28.6. The molecule has 12 heteroatoms. The van der Waals surface area contributed by atoms with Gasteiger partial charge in [0.05, 0.1) is 31.0 Å². The maximum absolute atomic E-state index is 15.1. The maximum atomic E-state index is 15.1. The molecule has 204 valence electrons. The Morgan fingerprint density at radius 3 is 2.48 bits per heavy atom. The van der Waals surface area contributed by atoms with Gasteiger partial charge < -0.3 is 24.5 Å². The van der Waals surface area contributed by atoms with Gasteiger partial charge in [-0.2, -0.15) is 5.10 Å². The minimum absolute atomic E-state index is 0.0822. The van der Waals surface area contributed by atoms with Crippen molar-refractivity contribution in [2.24, 2.45) is 7.05 Å². The third-order valence-corrected chi connectivity index (χ3v) is 6.31. The molecule has 0 aliphatic carbocycles. The van der Waals surface area contributed by atoms with Gasteiger partial charge in [0.1, 0.15) is 11.1 Å². The Morgan fingerprint density at radius 1 is 1.00 bits per heavy atom. The number of H-pyrrole nitrogens is 1. The number of hydrogen-bond donors (Lipinski definition) is 2. The summed E-state index contributed by atoms with van der Waals surface area (Å²) in [4.78, 5) is 38.3. The van der Waals surface area contributed by atoms with Crippen molar-refractivity contribution in [3.8, 4) is 34.4 Å². The van der Waals surface area contributed by atoms with E-state index in [9.17, 15) is 9.59 Å². The van der Waals surface area contributed by atoms with Crippen molar-refractivity contribution in [3.05, 3.63) is 81.8 Å². The van der Waals surface area contributed by atoms with Crippen molar-refractivity contribution in [1.82, 2.24) is 24.7 Å². The lowest BCUT2D eigenvalue weighted by Gasteiger charge is -2.14. The van der Waals surface area contributed by atoms with Gasteiger partial charge in [-0.05, 0) is 32.0 Å². The average Bonchev–Trinajstić information content (AvgIpc) is 3.34. The van der Waals surface area contributed by atoms with Gasteiger partial charge in [0.2, 0.25) is 5.43 Å². The number of pyridine rings is 3. The second-order valence-corrected chi connectivity index (χ2v) is 8.87. The van der Waals surface area contributed by atoms with Crippen LogP contribution >= 0.6 is 0 Å². The number of fused-ring (bicyclic) bond motifs is 1. The van der Waals surface area contributed by atoms with E-state index in [2.05, 4.69) is 25.4 Å². The van der Waals surface area contributed by atoms with E-state index in [-0.39, 0.29) is 28.6 Å². The fourth-order valence-corrected chi connectivity index (χ4v) is 4.43. The first kappa shape index (κ1) is 26.4. The first-order valence-electron chi connectivity index (χ1n) is 12.1. The molecule has 4 heterocycles. The van der Waals surface area contributed by atoms with Crippen LogP contribution in [0.4, 0.5) is 10.1 Å². The SMILES string of the molecule is COc1cc2nccc(Oc3ccc(NC(=O)c4c(C)[nH]c(C)c(-c5ccnn5C)c4=O)cc3F)c2nc1OC. The lowest BCUT2D eigenvalue weighted by molar-refractivity contribution is 0.102. The van der Waals surface area contributed by atoms with Gasteiger partial charge >= 0.3 is 0 Å². The van der Waals surface area contributed by atoms with Crippen LogP contribution < -0.4 is 25.0 Å². The summed E-state index contributed by atoms with van der Waals surface area (Å²) < 4.78 is 33.0. The molecule has 5 aromatic rings. The van der Waals surface area contributed by atoms with Crippen LogP contribution in [0.3, 0.4) is 0 Å². The number of hydrogen-bond acceptors (Lipinski definition) is 8. The zero-order valence-corrected chi connectivity index (χ0v) is 22.3. The highest BCUT2D eigenvalue weighted by atomic mass is 19.1. The summed E-state index contributed by atoms with van der Waals surface area (Å²) in [5.74, 6) is -0.676. The van der Waals surface area contributed by atoms with Gasteiger partial charge in [0.25, 0.3) is 11.8 Å². The topological polar surface area (TPSA) is 133 Å². The molecule has 5 rings (SSSR count). The number of carbonyl (C=O) groups is 1. The van der Waals surface area contributed by atoms with E-state index in [1.54, 1.807) is 50.0 Å². The van der Waals surface area contributed by atoms with Crippen molar-refractivity contribution in [2.75, 3.05) is 19.5 Å². The molecule has 0 fully saturated rings. The molecule has 0 radical (unpaired) electrons. The smallest absolute Gasteiger partial charge is 0.261 e. The highest BCUT2D eigenvalue weighted by Gasteiger charge is 2.22. The quantitative estimate of drug-likeness (QED) is 0.305. The summed E-state index contributed by atoms with van der Waals surface area (Å²) in [5, 5.41) is 6.72. The Hall–Kier alpha value is -5.26. The summed E-state index contributed by atoms with van der Waals surface area (Å²) in [5.41, 5.74) is 2.28. The molecule has 0 aliphatic rings. The van der Waals surface area contributed by atoms with E-state index >= 15 is 4.39 Å². The highest BCUT2D eigenvalue weighted by molar-refractivity contribution is 6.05. The van der Waals surface area contributed by atoms with Crippen molar-refractivity contribution in [1.29, 1.82) is 0 Å². The number of carbonyl (C=O) groups excluding carboxylic acids is 1. The molecule has 0 bridgehead atoms. The molecule has 1 aromatic carbocycles. The molecule has 1 amide bonds. The van der Waals surface area contributed by atoms with Crippen molar-refractivity contribution < 1.29 is 23.4 Å². The van der Waals surface area contributed by atoms with Crippen LogP contribution in [0.1, 0.15) is 21.7 Å². The molecular weight excluding hydrogens is 519 g/mol. The fourth-order valence-electron chi connectivity index (χ4n) is 4.43. The van der Waals surface area contributed by atoms with E-state index in [0.29, 0.717) is 39.4 Å². The molecule has 40 heavy (non-hydrogen) atoms. The Bertz CT molecular complexity index is 1830. The standard InChI is InChI=1S/C28H25FN6O5/c1-14-23(19-8-11-31-35(19)3)26(36)24(15(2)32-14)27(37)33-16-6-7-20(17(29)12-16)40-21-9-10-30-18-13-22(38-4)28(39-5)34-25(18)21/h6-13H,1-5H3,(H,32,36)(H,33,37). The lowest BCUT2D eigenvalue weighted by atomic mass is 10.0. The number of benzene rings is 1. The largest absolute Gasteiger partial charge is 0.491 e.